The van der Waals surface area contributed by atoms with Crippen LogP contribution in [0.25, 0.3) is 22.0 Å². The monoisotopic (exact) mass is 505 g/mol. The highest BCUT2D eigenvalue weighted by molar-refractivity contribution is 5.97. The smallest absolute Gasteiger partial charge is 0.217 e. The number of carbonyl (C=O) groups is 1. The predicted molar refractivity (Wildman–Crippen MR) is 146 cm³/mol. The second kappa shape index (κ2) is 14.1. The molecule has 0 fully saturated rings. The number of nitrogens with zero attached hydrogens (tertiary/aromatic N) is 1. The highest BCUT2D eigenvalue weighted by Crippen LogP contribution is 2.36. The Balaban J connectivity index is 0.00000289. The van der Waals surface area contributed by atoms with E-state index in [4.69, 9.17) is 21.2 Å². The molecule has 0 aliphatic heterocycles. The number of halogens is 2. The minimum atomic E-state index is -0.246. The topological polar surface area (TPSA) is 91.2 Å². The maximum absolute atomic E-state index is 10.9. The molecule has 4 N–H and O–H groups in total. The van der Waals surface area contributed by atoms with Crippen LogP contribution in [0.4, 0.5) is 0 Å². The summed E-state index contributed by atoms with van der Waals surface area (Å²) in [6.07, 6.45) is 3.93. The standard InChI is InChI=1S/C27H35N3O2.2ClH/c1-18(2)15-25-23(17-28)27(20-10-8-19(3)9-11-20)22-16-21(12-13-24(22)30-25)32-14-6-4-5-7-26(29)31;;/h8-13,16,18H,4-7,14-15,17,28H2,1-3H3,(H2,29,31);2*1H. The number of rotatable bonds is 11. The molecule has 3 rings (SSSR count). The fourth-order valence-corrected chi connectivity index (χ4v) is 4.02. The summed E-state index contributed by atoms with van der Waals surface area (Å²) in [5, 5.41) is 1.06. The number of aryl methyl sites for hydroxylation is 1. The average Bonchev–Trinajstić information content (AvgIpc) is 2.75. The van der Waals surface area contributed by atoms with Gasteiger partial charge in [0.05, 0.1) is 12.1 Å². The van der Waals surface area contributed by atoms with Gasteiger partial charge < -0.3 is 16.2 Å². The first-order valence-corrected chi connectivity index (χ1v) is 11.5. The fourth-order valence-electron chi connectivity index (χ4n) is 4.02. The van der Waals surface area contributed by atoms with Gasteiger partial charge in [0, 0.05) is 24.0 Å². The van der Waals surface area contributed by atoms with Crippen LogP contribution < -0.4 is 16.2 Å². The van der Waals surface area contributed by atoms with Gasteiger partial charge in [0.15, 0.2) is 0 Å². The Hall–Kier alpha value is -2.34. The molecular formula is C27H37Cl2N3O2. The molecule has 0 spiro atoms. The molecular weight excluding hydrogens is 469 g/mol. The summed E-state index contributed by atoms with van der Waals surface area (Å²) < 4.78 is 6.02. The van der Waals surface area contributed by atoms with Crippen LogP contribution in [0.2, 0.25) is 0 Å². The molecule has 1 aromatic heterocycles. The Kier molecular flexibility index (Phi) is 12.4. The van der Waals surface area contributed by atoms with Crippen LogP contribution in [0.3, 0.4) is 0 Å². The van der Waals surface area contributed by atoms with Gasteiger partial charge in [-0.2, -0.15) is 0 Å². The molecule has 0 atom stereocenters. The van der Waals surface area contributed by atoms with Crippen LogP contribution in [0.1, 0.15) is 56.4 Å². The van der Waals surface area contributed by atoms with Crippen molar-refractivity contribution >= 4 is 41.6 Å². The number of unbranched alkanes of at least 4 members (excludes halogenated alkanes) is 2. The summed E-state index contributed by atoms with van der Waals surface area (Å²) in [6, 6.07) is 14.7. The van der Waals surface area contributed by atoms with Gasteiger partial charge in [-0.3, -0.25) is 9.78 Å². The summed E-state index contributed by atoms with van der Waals surface area (Å²) in [5.74, 6) is 1.07. The average molecular weight is 507 g/mol. The molecule has 7 heteroatoms. The van der Waals surface area contributed by atoms with E-state index in [1.165, 1.54) is 5.56 Å². The van der Waals surface area contributed by atoms with Crippen molar-refractivity contribution in [3.05, 3.63) is 59.3 Å². The third kappa shape index (κ3) is 7.86. The number of fused-ring (bicyclic) bond motifs is 1. The molecule has 34 heavy (non-hydrogen) atoms. The Labute approximate surface area is 215 Å². The number of benzene rings is 2. The minimum absolute atomic E-state index is 0. The molecule has 0 saturated carbocycles. The Morgan fingerprint density at radius 2 is 1.74 bits per heavy atom. The molecule has 3 aromatic rings. The van der Waals surface area contributed by atoms with E-state index < -0.39 is 0 Å². The van der Waals surface area contributed by atoms with Crippen molar-refractivity contribution in [1.82, 2.24) is 4.98 Å². The third-order valence-corrected chi connectivity index (χ3v) is 5.63. The van der Waals surface area contributed by atoms with Crippen LogP contribution in [0.5, 0.6) is 5.75 Å². The van der Waals surface area contributed by atoms with Crippen molar-refractivity contribution in [3.63, 3.8) is 0 Å². The van der Waals surface area contributed by atoms with E-state index >= 15 is 0 Å². The normalized spacial score (nSPS) is 10.6. The Morgan fingerprint density at radius 3 is 2.35 bits per heavy atom. The van der Waals surface area contributed by atoms with Crippen LogP contribution >= 0.6 is 24.8 Å². The first kappa shape index (κ1) is 29.7. The number of carbonyl (C=O) groups excluding carboxylic acids is 1. The largest absolute Gasteiger partial charge is 0.494 e. The lowest BCUT2D eigenvalue weighted by atomic mass is 9.91. The van der Waals surface area contributed by atoms with Gasteiger partial charge in [0.1, 0.15) is 5.75 Å². The first-order chi connectivity index (χ1) is 15.4. The van der Waals surface area contributed by atoms with E-state index in [2.05, 4.69) is 51.1 Å². The SMILES string of the molecule is Cc1ccc(-c2c(CN)c(CC(C)C)nc3ccc(OCCCCCC(N)=O)cc23)cc1.Cl.Cl. The second-order valence-electron chi connectivity index (χ2n) is 8.88. The molecule has 0 aliphatic carbocycles. The fraction of sp³-hybridized carbons (Fsp3) is 0.407. The summed E-state index contributed by atoms with van der Waals surface area (Å²) in [7, 11) is 0. The number of nitrogens with two attached hydrogens (primary N) is 2. The zero-order valence-electron chi connectivity index (χ0n) is 20.3. The van der Waals surface area contributed by atoms with E-state index in [0.29, 0.717) is 25.5 Å². The van der Waals surface area contributed by atoms with Crippen LogP contribution in [0.15, 0.2) is 42.5 Å². The quantitative estimate of drug-likeness (QED) is 0.306. The zero-order chi connectivity index (χ0) is 23.1. The number of ether oxygens (including phenoxy) is 1. The minimum Gasteiger partial charge on any atom is -0.494 e. The molecule has 1 amide bonds. The number of hydrogen-bond acceptors (Lipinski definition) is 4. The summed E-state index contributed by atoms with van der Waals surface area (Å²) >= 11 is 0. The van der Waals surface area contributed by atoms with Gasteiger partial charge in [-0.15, -0.1) is 24.8 Å². The number of amides is 1. The number of hydrogen-bond donors (Lipinski definition) is 2. The molecule has 0 aliphatic rings. The lowest BCUT2D eigenvalue weighted by molar-refractivity contribution is -0.118. The second-order valence-corrected chi connectivity index (χ2v) is 8.88. The highest BCUT2D eigenvalue weighted by atomic mass is 35.5. The van der Waals surface area contributed by atoms with E-state index in [1.807, 2.05) is 12.1 Å². The van der Waals surface area contributed by atoms with Crippen LogP contribution in [-0.4, -0.2) is 17.5 Å². The van der Waals surface area contributed by atoms with Gasteiger partial charge in [-0.25, -0.2) is 0 Å². The number of pyridine rings is 1. The maximum Gasteiger partial charge on any atom is 0.217 e. The molecule has 0 radical (unpaired) electrons. The maximum atomic E-state index is 10.9. The van der Waals surface area contributed by atoms with E-state index in [9.17, 15) is 4.79 Å². The van der Waals surface area contributed by atoms with Gasteiger partial charge in [0.25, 0.3) is 0 Å². The number of primary amides is 1. The van der Waals surface area contributed by atoms with Crippen LogP contribution in [-0.2, 0) is 17.8 Å². The molecule has 2 aromatic carbocycles. The van der Waals surface area contributed by atoms with Crippen molar-refractivity contribution < 1.29 is 9.53 Å². The number of aromatic nitrogens is 1. The third-order valence-electron chi connectivity index (χ3n) is 5.63. The summed E-state index contributed by atoms with van der Waals surface area (Å²) in [6.45, 7) is 7.56. The van der Waals surface area contributed by atoms with Crippen molar-refractivity contribution in [1.29, 1.82) is 0 Å². The Bertz CT molecular complexity index is 1070. The summed E-state index contributed by atoms with van der Waals surface area (Å²) in [4.78, 5) is 15.8. The molecule has 1 heterocycles. The molecule has 0 saturated heterocycles. The van der Waals surface area contributed by atoms with E-state index in [-0.39, 0.29) is 30.7 Å². The highest BCUT2D eigenvalue weighted by Gasteiger charge is 2.17. The first-order valence-electron chi connectivity index (χ1n) is 11.5. The van der Waals surface area contributed by atoms with Crippen molar-refractivity contribution in [2.45, 2.75) is 59.4 Å². The van der Waals surface area contributed by atoms with Crippen molar-refractivity contribution in [3.8, 4) is 16.9 Å². The lowest BCUT2D eigenvalue weighted by Gasteiger charge is -2.18. The molecule has 186 valence electrons. The van der Waals surface area contributed by atoms with Crippen molar-refractivity contribution in [2.75, 3.05) is 6.61 Å². The summed E-state index contributed by atoms with van der Waals surface area (Å²) in [5.41, 5.74) is 18.1. The van der Waals surface area contributed by atoms with Gasteiger partial charge in [-0.1, -0.05) is 43.7 Å². The van der Waals surface area contributed by atoms with Gasteiger partial charge in [0.2, 0.25) is 5.91 Å². The lowest BCUT2D eigenvalue weighted by Crippen LogP contribution is -2.10. The van der Waals surface area contributed by atoms with E-state index in [0.717, 1.165) is 64.7 Å². The zero-order valence-corrected chi connectivity index (χ0v) is 21.9. The Morgan fingerprint density at radius 1 is 1.03 bits per heavy atom. The predicted octanol–water partition coefficient (Wildman–Crippen LogP) is 6.14. The van der Waals surface area contributed by atoms with Crippen molar-refractivity contribution in [2.24, 2.45) is 17.4 Å². The molecule has 0 bridgehead atoms. The van der Waals surface area contributed by atoms with Gasteiger partial charge in [-0.05, 0) is 73.4 Å². The van der Waals surface area contributed by atoms with E-state index in [1.54, 1.807) is 0 Å². The van der Waals surface area contributed by atoms with Gasteiger partial charge >= 0.3 is 0 Å². The van der Waals surface area contributed by atoms with Crippen LogP contribution in [0, 0.1) is 12.8 Å². The molecule has 5 nitrogen and oxygen atoms in total. The molecule has 0 unspecified atom stereocenters.